The molecule has 0 aliphatic carbocycles. The van der Waals surface area contributed by atoms with E-state index in [1.54, 1.807) is 11.9 Å². The summed E-state index contributed by atoms with van der Waals surface area (Å²) in [5.41, 5.74) is 0.0777. The highest BCUT2D eigenvalue weighted by molar-refractivity contribution is 5.90. The Kier molecular flexibility index (Phi) is 3.67. The van der Waals surface area contributed by atoms with Gasteiger partial charge < -0.3 is 4.90 Å². The van der Waals surface area contributed by atoms with Crippen molar-refractivity contribution in [2.24, 2.45) is 5.41 Å². The number of H-pyrrole nitrogens is 1. The van der Waals surface area contributed by atoms with Crippen LogP contribution in [0, 0.1) is 5.41 Å². The van der Waals surface area contributed by atoms with Crippen LogP contribution in [0.25, 0.3) is 0 Å². The molecule has 1 N–H and O–H groups in total. The van der Waals surface area contributed by atoms with E-state index in [9.17, 15) is 4.79 Å². The van der Waals surface area contributed by atoms with Gasteiger partial charge in [-0.1, -0.05) is 27.7 Å². The van der Waals surface area contributed by atoms with Gasteiger partial charge in [-0.15, -0.1) is 5.10 Å². The minimum Gasteiger partial charge on any atom is -0.338 e. The van der Waals surface area contributed by atoms with E-state index in [-0.39, 0.29) is 17.1 Å². The van der Waals surface area contributed by atoms with Crippen LogP contribution in [0.4, 0.5) is 0 Å². The summed E-state index contributed by atoms with van der Waals surface area (Å²) in [6, 6.07) is 0. The maximum absolute atomic E-state index is 11.9. The Morgan fingerprint density at radius 3 is 2.50 bits per heavy atom. The van der Waals surface area contributed by atoms with Gasteiger partial charge in [0, 0.05) is 20.0 Å². The van der Waals surface area contributed by atoms with Crippen LogP contribution in [0.3, 0.4) is 0 Å². The molecule has 0 fully saturated rings. The molecule has 1 aromatic heterocycles. The van der Waals surface area contributed by atoms with Crippen LogP contribution >= 0.6 is 0 Å². The Morgan fingerprint density at radius 1 is 1.44 bits per heavy atom. The van der Waals surface area contributed by atoms with E-state index in [4.69, 9.17) is 0 Å². The maximum atomic E-state index is 11.9. The molecule has 1 heterocycles. The Hall–Kier alpha value is -1.39. The van der Waals surface area contributed by atoms with Gasteiger partial charge in [-0.05, 0) is 5.41 Å². The van der Waals surface area contributed by atoms with E-state index in [0.29, 0.717) is 6.54 Å². The van der Waals surface area contributed by atoms with Crippen LogP contribution in [0.5, 0.6) is 0 Å². The number of nitrogens with one attached hydrogen (secondary N) is 1. The van der Waals surface area contributed by atoms with Crippen LogP contribution < -0.4 is 0 Å². The zero-order chi connectivity index (χ0) is 12.3. The van der Waals surface area contributed by atoms with Crippen molar-refractivity contribution < 1.29 is 4.79 Å². The second kappa shape index (κ2) is 4.63. The number of rotatable bonds is 3. The minimum absolute atomic E-state index is 0.0777. The molecular formula is C11H20N4O. The standard InChI is InChI=1S/C11H20N4O/c1-6-8-12-9(14-13-8)10(16)15(5)7-11(2,3)4/h6-7H2,1-5H3,(H,12,13,14). The predicted molar refractivity (Wildman–Crippen MR) is 62.2 cm³/mol. The number of hydrogen-bond donors (Lipinski definition) is 1. The number of carbonyl (C=O) groups is 1. The molecule has 0 aromatic carbocycles. The zero-order valence-corrected chi connectivity index (χ0v) is 10.7. The summed E-state index contributed by atoms with van der Waals surface area (Å²) >= 11 is 0. The summed E-state index contributed by atoms with van der Waals surface area (Å²) in [7, 11) is 1.77. The van der Waals surface area contributed by atoms with Gasteiger partial charge in [0.2, 0.25) is 5.82 Å². The fourth-order valence-electron chi connectivity index (χ4n) is 1.50. The van der Waals surface area contributed by atoms with Gasteiger partial charge in [0.05, 0.1) is 0 Å². The van der Waals surface area contributed by atoms with Crippen molar-refractivity contribution in [3.05, 3.63) is 11.6 Å². The Balaban J connectivity index is 2.70. The fourth-order valence-corrected chi connectivity index (χ4v) is 1.50. The summed E-state index contributed by atoms with van der Waals surface area (Å²) in [5, 5.41) is 6.66. The summed E-state index contributed by atoms with van der Waals surface area (Å²) in [5.74, 6) is 0.863. The highest BCUT2D eigenvalue weighted by Gasteiger charge is 2.21. The molecule has 5 nitrogen and oxygen atoms in total. The van der Waals surface area contributed by atoms with E-state index < -0.39 is 0 Å². The van der Waals surface area contributed by atoms with Crippen molar-refractivity contribution >= 4 is 5.91 Å². The lowest BCUT2D eigenvalue weighted by Crippen LogP contribution is -2.35. The second-order valence-electron chi connectivity index (χ2n) is 5.18. The Morgan fingerprint density at radius 2 is 2.06 bits per heavy atom. The third-order valence-corrected chi connectivity index (χ3v) is 2.12. The van der Waals surface area contributed by atoms with Gasteiger partial charge in [0.15, 0.2) is 0 Å². The van der Waals surface area contributed by atoms with Gasteiger partial charge >= 0.3 is 0 Å². The van der Waals surface area contributed by atoms with Crippen molar-refractivity contribution in [3.63, 3.8) is 0 Å². The second-order valence-corrected chi connectivity index (χ2v) is 5.18. The van der Waals surface area contributed by atoms with E-state index in [0.717, 1.165) is 12.2 Å². The van der Waals surface area contributed by atoms with Gasteiger partial charge in [0.1, 0.15) is 5.82 Å². The van der Waals surface area contributed by atoms with E-state index in [1.165, 1.54) is 0 Å². The lowest BCUT2D eigenvalue weighted by atomic mass is 9.96. The first-order valence-electron chi connectivity index (χ1n) is 5.50. The molecule has 0 atom stereocenters. The summed E-state index contributed by atoms with van der Waals surface area (Å²) < 4.78 is 0. The molecule has 0 saturated carbocycles. The fraction of sp³-hybridized carbons (Fsp3) is 0.727. The van der Waals surface area contributed by atoms with Crippen LogP contribution in [0.1, 0.15) is 44.1 Å². The van der Waals surface area contributed by atoms with Crippen LogP contribution in [0.2, 0.25) is 0 Å². The molecular weight excluding hydrogens is 204 g/mol. The monoisotopic (exact) mass is 224 g/mol. The number of aromatic amines is 1. The molecule has 0 radical (unpaired) electrons. The van der Waals surface area contributed by atoms with Crippen molar-refractivity contribution in [3.8, 4) is 0 Å². The molecule has 0 aliphatic rings. The van der Waals surface area contributed by atoms with E-state index in [1.807, 2.05) is 6.92 Å². The summed E-state index contributed by atoms with van der Waals surface area (Å²) in [6.07, 6.45) is 0.753. The third-order valence-electron chi connectivity index (χ3n) is 2.12. The predicted octanol–water partition coefficient (Wildman–Crippen LogP) is 1.49. The smallest absolute Gasteiger partial charge is 0.293 e. The van der Waals surface area contributed by atoms with Crippen molar-refractivity contribution in [2.75, 3.05) is 13.6 Å². The SMILES string of the molecule is CCc1nc(C(=O)N(C)CC(C)(C)C)n[nH]1. The number of nitrogens with zero attached hydrogens (tertiary/aromatic N) is 3. The van der Waals surface area contributed by atoms with E-state index >= 15 is 0 Å². The lowest BCUT2D eigenvalue weighted by Gasteiger charge is -2.25. The quantitative estimate of drug-likeness (QED) is 0.846. The first-order valence-corrected chi connectivity index (χ1v) is 5.50. The molecule has 0 bridgehead atoms. The number of aromatic nitrogens is 3. The molecule has 0 aliphatic heterocycles. The largest absolute Gasteiger partial charge is 0.338 e. The van der Waals surface area contributed by atoms with Crippen molar-refractivity contribution in [1.29, 1.82) is 0 Å². The maximum Gasteiger partial charge on any atom is 0.293 e. The average molecular weight is 224 g/mol. The topological polar surface area (TPSA) is 61.9 Å². The molecule has 90 valence electrons. The summed E-state index contributed by atoms with van der Waals surface area (Å²) in [6.45, 7) is 8.92. The van der Waals surface area contributed by atoms with Crippen molar-refractivity contribution in [2.45, 2.75) is 34.1 Å². The Bertz CT molecular complexity index is 364. The summed E-state index contributed by atoms with van der Waals surface area (Å²) in [4.78, 5) is 17.7. The Labute approximate surface area is 96.3 Å². The molecule has 1 aromatic rings. The molecule has 0 saturated heterocycles. The minimum atomic E-state index is -0.133. The molecule has 16 heavy (non-hydrogen) atoms. The van der Waals surface area contributed by atoms with Crippen LogP contribution in [-0.4, -0.2) is 39.6 Å². The van der Waals surface area contributed by atoms with Crippen molar-refractivity contribution in [1.82, 2.24) is 20.1 Å². The molecule has 1 rings (SSSR count). The van der Waals surface area contributed by atoms with Crippen LogP contribution in [0.15, 0.2) is 0 Å². The first kappa shape index (κ1) is 12.7. The van der Waals surface area contributed by atoms with Gasteiger partial charge in [-0.2, -0.15) is 0 Å². The first-order chi connectivity index (χ1) is 7.33. The molecule has 1 amide bonds. The van der Waals surface area contributed by atoms with Gasteiger partial charge in [-0.25, -0.2) is 4.98 Å². The number of hydrogen-bond acceptors (Lipinski definition) is 3. The highest BCUT2D eigenvalue weighted by Crippen LogP contribution is 2.15. The van der Waals surface area contributed by atoms with Gasteiger partial charge in [-0.3, -0.25) is 9.89 Å². The number of amides is 1. The molecule has 5 heteroatoms. The number of carbonyl (C=O) groups excluding carboxylic acids is 1. The third kappa shape index (κ3) is 3.32. The van der Waals surface area contributed by atoms with Gasteiger partial charge in [0.25, 0.3) is 5.91 Å². The molecule has 0 unspecified atom stereocenters. The average Bonchev–Trinajstić information content (AvgIpc) is 2.61. The van der Waals surface area contributed by atoms with Crippen LogP contribution in [-0.2, 0) is 6.42 Å². The molecule has 0 spiro atoms. The normalized spacial score (nSPS) is 11.6. The highest BCUT2D eigenvalue weighted by atomic mass is 16.2. The van der Waals surface area contributed by atoms with E-state index in [2.05, 4.69) is 36.0 Å². The number of aryl methyl sites for hydroxylation is 1. The zero-order valence-electron chi connectivity index (χ0n) is 10.7. The lowest BCUT2D eigenvalue weighted by molar-refractivity contribution is 0.0734.